The third-order valence-electron chi connectivity index (χ3n) is 4.09. The fourth-order valence-electron chi connectivity index (χ4n) is 2.42. The van der Waals surface area contributed by atoms with Crippen LogP contribution in [0.15, 0.2) is 42.6 Å². The zero-order valence-corrected chi connectivity index (χ0v) is 16.6. The Kier molecular flexibility index (Phi) is 5.81. The number of nitrogens with one attached hydrogen (secondary N) is 1. The fraction of sp³-hybridized carbons (Fsp3) is 0.300. The van der Waals surface area contributed by atoms with Crippen LogP contribution >= 0.6 is 11.3 Å². The normalized spacial score (nSPS) is 12.0. The molecule has 0 saturated carbocycles. The van der Waals surface area contributed by atoms with E-state index in [0.29, 0.717) is 16.1 Å². The van der Waals surface area contributed by atoms with Gasteiger partial charge in [-0.25, -0.2) is 0 Å². The smallest absolute Gasteiger partial charge is 0.266 e. The highest BCUT2D eigenvalue weighted by Gasteiger charge is 2.19. The van der Waals surface area contributed by atoms with Crippen LogP contribution in [-0.4, -0.2) is 27.2 Å². The first kappa shape index (κ1) is 19.0. The number of hydrogen-bond acceptors (Lipinski definition) is 6. The molecule has 0 radical (unpaired) electrons. The summed E-state index contributed by atoms with van der Waals surface area (Å²) in [7, 11) is 0. The summed E-state index contributed by atoms with van der Waals surface area (Å²) in [5.41, 5.74) is 2.89. The molecule has 1 amide bonds. The molecule has 0 aliphatic carbocycles. The van der Waals surface area contributed by atoms with Crippen molar-refractivity contribution in [3.63, 3.8) is 0 Å². The Morgan fingerprint density at radius 1 is 1.15 bits per heavy atom. The highest BCUT2D eigenvalue weighted by molar-refractivity contribution is 7.18. The van der Waals surface area contributed by atoms with Crippen LogP contribution in [0.3, 0.4) is 0 Å². The molecule has 1 aromatic carbocycles. The van der Waals surface area contributed by atoms with Crippen LogP contribution < -0.4 is 10.1 Å². The van der Waals surface area contributed by atoms with Gasteiger partial charge in [-0.2, -0.15) is 0 Å². The minimum atomic E-state index is -0.659. The van der Waals surface area contributed by atoms with Crippen LogP contribution in [0.1, 0.15) is 37.8 Å². The number of nitrogens with zero attached hydrogens (tertiary/aromatic N) is 3. The second-order valence-electron chi connectivity index (χ2n) is 6.56. The van der Waals surface area contributed by atoms with Gasteiger partial charge in [0.2, 0.25) is 5.13 Å². The number of benzene rings is 1. The highest BCUT2D eigenvalue weighted by atomic mass is 32.1. The van der Waals surface area contributed by atoms with Gasteiger partial charge in [-0.3, -0.25) is 15.1 Å². The maximum absolute atomic E-state index is 12.5. The first-order chi connectivity index (χ1) is 12.9. The fourth-order valence-corrected chi connectivity index (χ4v) is 3.14. The summed E-state index contributed by atoms with van der Waals surface area (Å²) in [6.45, 7) is 7.93. The van der Waals surface area contributed by atoms with Gasteiger partial charge in [-0.15, -0.1) is 10.2 Å². The third-order valence-corrected chi connectivity index (χ3v) is 4.95. The number of aryl methyl sites for hydroxylation is 1. The van der Waals surface area contributed by atoms with Crippen molar-refractivity contribution in [1.82, 2.24) is 15.2 Å². The van der Waals surface area contributed by atoms with E-state index in [1.165, 1.54) is 16.9 Å². The molecule has 0 bridgehead atoms. The number of ether oxygens (including phenoxy) is 1. The first-order valence-electron chi connectivity index (χ1n) is 8.77. The predicted molar refractivity (Wildman–Crippen MR) is 107 cm³/mol. The summed E-state index contributed by atoms with van der Waals surface area (Å²) < 4.78 is 5.89. The zero-order valence-electron chi connectivity index (χ0n) is 15.8. The Labute approximate surface area is 162 Å². The zero-order chi connectivity index (χ0) is 19.4. The molecule has 7 heteroatoms. The second kappa shape index (κ2) is 8.26. The van der Waals surface area contributed by atoms with Gasteiger partial charge >= 0.3 is 0 Å². The van der Waals surface area contributed by atoms with Crippen molar-refractivity contribution < 1.29 is 9.53 Å². The summed E-state index contributed by atoms with van der Waals surface area (Å²) in [4.78, 5) is 16.7. The van der Waals surface area contributed by atoms with Gasteiger partial charge in [0.05, 0.1) is 0 Å². The minimum Gasteiger partial charge on any atom is -0.481 e. The molecular weight excluding hydrogens is 360 g/mol. The summed E-state index contributed by atoms with van der Waals surface area (Å²) in [6.07, 6.45) is 1.03. The van der Waals surface area contributed by atoms with Gasteiger partial charge < -0.3 is 4.74 Å². The maximum atomic E-state index is 12.5. The van der Waals surface area contributed by atoms with Crippen molar-refractivity contribution in [2.45, 2.75) is 39.7 Å². The van der Waals surface area contributed by atoms with Crippen molar-refractivity contribution in [3.8, 4) is 16.5 Å². The lowest BCUT2D eigenvalue weighted by atomic mass is 10.0. The van der Waals surface area contributed by atoms with Crippen molar-refractivity contribution in [2.24, 2.45) is 0 Å². The van der Waals surface area contributed by atoms with E-state index >= 15 is 0 Å². The van der Waals surface area contributed by atoms with E-state index in [1.807, 2.05) is 37.3 Å². The molecule has 3 aromatic rings. The summed E-state index contributed by atoms with van der Waals surface area (Å²) in [5.74, 6) is 0.840. The molecule has 6 nitrogen and oxygen atoms in total. The summed E-state index contributed by atoms with van der Waals surface area (Å²) in [6, 6.07) is 11.7. The monoisotopic (exact) mass is 382 g/mol. The topological polar surface area (TPSA) is 77.0 Å². The molecule has 1 N–H and O–H groups in total. The molecule has 1 unspecified atom stereocenters. The molecule has 0 spiro atoms. The van der Waals surface area contributed by atoms with Crippen LogP contribution in [-0.2, 0) is 4.79 Å². The van der Waals surface area contributed by atoms with Crippen LogP contribution in [0.25, 0.3) is 10.7 Å². The number of carbonyl (C=O) groups is 1. The molecule has 3 rings (SSSR count). The van der Waals surface area contributed by atoms with Gasteiger partial charge in [-0.1, -0.05) is 43.4 Å². The van der Waals surface area contributed by atoms with E-state index in [2.05, 4.69) is 40.4 Å². The molecule has 140 valence electrons. The lowest BCUT2D eigenvalue weighted by Crippen LogP contribution is -2.30. The van der Waals surface area contributed by atoms with E-state index in [4.69, 9.17) is 4.74 Å². The lowest BCUT2D eigenvalue weighted by Gasteiger charge is -2.17. The Morgan fingerprint density at radius 2 is 1.96 bits per heavy atom. The second-order valence-corrected chi connectivity index (χ2v) is 7.53. The third kappa shape index (κ3) is 4.68. The van der Waals surface area contributed by atoms with Crippen LogP contribution in [0.2, 0.25) is 0 Å². The first-order valence-corrected chi connectivity index (χ1v) is 9.58. The van der Waals surface area contributed by atoms with E-state index in [9.17, 15) is 4.79 Å². The number of amides is 1. The Balaban J connectivity index is 1.66. The molecule has 0 aliphatic heterocycles. The molecule has 0 saturated heterocycles. The molecule has 27 heavy (non-hydrogen) atoms. The molecular formula is C20H22N4O2S. The van der Waals surface area contributed by atoms with Gasteiger partial charge in [0, 0.05) is 6.20 Å². The maximum Gasteiger partial charge on any atom is 0.266 e. The van der Waals surface area contributed by atoms with E-state index in [1.54, 1.807) is 13.1 Å². The number of carbonyl (C=O) groups excluding carboxylic acids is 1. The molecule has 2 aromatic heterocycles. The Bertz CT molecular complexity index is 925. The number of rotatable bonds is 6. The van der Waals surface area contributed by atoms with Gasteiger partial charge in [-0.05, 0) is 49.1 Å². The number of pyridine rings is 1. The largest absolute Gasteiger partial charge is 0.481 e. The van der Waals surface area contributed by atoms with Gasteiger partial charge in [0.1, 0.15) is 11.4 Å². The van der Waals surface area contributed by atoms with Crippen LogP contribution in [0, 0.1) is 6.92 Å². The van der Waals surface area contributed by atoms with Gasteiger partial charge in [0.25, 0.3) is 5.91 Å². The Hall–Kier alpha value is -2.80. The molecule has 1 atom stereocenters. The number of aromatic nitrogens is 3. The number of anilines is 1. The van der Waals surface area contributed by atoms with Crippen molar-refractivity contribution in [1.29, 1.82) is 0 Å². The van der Waals surface area contributed by atoms with E-state index in [-0.39, 0.29) is 5.91 Å². The summed E-state index contributed by atoms with van der Waals surface area (Å²) >= 11 is 1.28. The van der Waals surface area contributed by atoms with Gasteiger partial charge in [0.15, 0.2) is 11.1 Å². The average molecular weight is 382 g/mol. The molecule has 0 fully saturated rings. The van der Waals surface area contributed by atoms with Crippen molar-refractivity contribution >= 4 is 22.4 Å². The average Bonchev–Trinajstić information content (AvgIpc) is 3.12. The summed E-state index contributed by atoms with van der Waals surface area (Å²) in [5, 5.41) is 11.9. The van der Waals surface area contributed by atoms with E-state index < -0.39 is 6.10 Å². The quantitative estimate of drug-likeness (QED) is 0.682. The van der Waals surface area contributed by atoms with Crippen molar-refractivity contribution in [3.05, 3.63) is 53.7 Å². The minimum absolute atomic E-state index is 0.270. The molecule has 0 aliphatic rings. The standard InChI is InChI=1S/C20H22N4O2S/c1-12(2)15-9-8-13(3)17(11-15)26-14(4)18(25)22-20-24-23-19(27-20)16-7-5-6-10-21-16/h5-12,14H,1-4H3,(H,22,24,25). The van der Waals surface area contributed by atoms with Crippen LogP contribution in [0.4, 0.5) is 5.13 Å². The highest BCUT2D eigenvalue weighted by Crippen LogP contribution is 2.26. The predicted octanol–water partition coefficient (Wildman–Crippen LogP) is 4.44. The van der Waals surface area contributed by atoms with Crippen molar-refractivity contribution in [2.75, 3.05) is 5.32 Å². The number of hydrogen-bond donors (Lipinski definition) is 1. The lowest BCUT2D eigenvalue weighted by molar-refractivity contribution is -0.122. The Morgan fingerprint density at radius 3 is 2.67 bits per heavy atom. The SMILES string of the molecule is Cc1ccc(C(C)C)cc1OC(C)C(=O)Nc1nnc(-c2ccccn2)s1. The van der Waals surface area contributed by atoms with Crippen LogP contribution in [0.5, 0.6) is 5.75 Å². The van der Waals surface area contributed by atoms with E-state index in [0.717, 1.165) is 17.0 Å². The molecule has 2 heterocycles.